The fraction of sp³-hybridized carbons (Fsp3) is 0.0833. The van der Waals surface area contributed by atoms with E-state index in [0.717, 1.165) is 12.1 Å². The Bertz CT molecular complexity index is 602. The number of aromatic nitrogens is 1. The van der Waals surface area contributed by atoms with Crippen LogP contribution in [0.15, 0.2) is 28.9 Å². The van der Waals surface area contributed by atoms with Crippen LogP contribution in [0, 0.1) is 24.4 Å². The number of nitrogens with one attached hydrogen (secondary N) is 1. The molecule has 0 saturated carbocycles. The molecule has 2 nitrogen and oxygen atoms in total. The predicted molar refractivity (Wildman–Crippen MR) is 66.3 cm³/mol. The Morgan fingerprint density at radius 1 is 1.17 bits per heavy atom. The molecule has 0 amide bonds. The summed E-state index contributed by atoms with van der Waals surface area (Å²) in [5, 5.41) is 2.32. The number of hydrogen-bond acceptors (Lipinski definition) is 2. The zero-order chi connectivity index (χ0) is 13.3. The molecule has 6 heteroatoms. The van der Waals surface area contributed by atoms with E-state index >= 15 is 0 Å². The first-order chi connectivity index (χ1) is 8.49. The molecule has 1 N–H and O–H groups in total. The highest BCUT2D eigenvalue weighted by molar-refractivity contribution is 9.10. The van der Waals surface area contributed by atoms with Gasteiger partial charge in [0, 0.05) is 10.7 Å². The van der Waals surface area contributed by atoms with Gasteiger partial charge in [-0.25, -0.2) is 18.2 Å². The minimum Gasteiger partial charge on any atom is -0.333 e. The number of nitrogens with zero attached hydrogens (tertiary/aromatic N) is 1. The molecule has 0 saturated heterocycles. The second-order valence-electron chi connectivity index (χ2n) is 3.66. The summed E-state index contributed by atoms with van der Waals surface area (Å²) in [6.45, 7) is 1.49. The molecule has 2 aromatic rings. The van der Waals surface area contributed by atoms with E-state index in [1.54, 1.807) is 0 Å². The lowest BCUT2D eigenvalue weighted by molar-refractivity contribution is 0.583. The van der Waals surface area contributed by atoms with Gasteiger partial charge in [-0.3, -0.25) is 0 Å². The molecule has 0 fully saturated rings. The normalized spacial score (nSPS) is 10.5. The molecule has 0 bridgehead atoms. The van der Waals surface area contributed by atoms with Gasteiger partial charge in [0.05, 0.1) is 0 Å². The third-order valence-corrected chi connectivity index (χ3v) is 2.77. The van der Waals surface area contributed by atoms with Gasteiger partial charge in [0.1, 0.15) is 11.5 Å². The molecular formula is C12H8BrF3N2. The highest BCUT2D eigenvalue weighted by Crippen LogP contribution is 2.26. The van der Waals surface area contributed by atoms with Gasteiger partial charge in [0.25, 0.3) is 0 Å². The van der Waals surface area contributed by atoms with Crippen molar-refractivity contribution in [1.82, 2.24) is 4.98 Å². The quantitative estimate of drug-likeness (QED) is 0.892. The molecule has 2 rings (SSSR count). The van der Waals surface area contributed by atoms with Crippen LogP contribution in [0.25, 0.3) is 0 Å². The first-order valence-electron chi connectivity index (χ1n) is 5.01. The van der Waals surface area contributed by atoms with Crippen LogP contribution in [0.3, 0.4) is 0 Å². The zero-order valence-corrected chi connectivity index (χ0v) is 10.9. The van der Waals surface area contributed by atoms with Crippen LogP contribution in [0.5, 0.6) is 0 Å². The summed E-state index contributed by atoms with van der Waals surface area (Å²) < 4.78 is 41.1. The molecule has 1 aromatic carbocycles. The summed E-state index contributed by atoms with van der Waals surface area (Å²) in [7, 11) is 0. The highest BCUT2D eigenvalue weighted by atomic mass is 79.9. The Kier molecular flexibility index (Phi) is 3.56. The van der Waals surface area contributed by atoms with E-state index in [1.807, 2.05) is 0 Å². The summed E-state index contributed by atoms with van der Waals surface area (Å²) in [6, 6.07) is 3.57. The molecule has 0 atom stereocenters. The molecule has 0 spiro atoms. The van der Waals surface area contributed by atoms with Crippen molar-refractivity contribution in [2.24, 2.45) is 0 Å². The number of halogens is 4. The van der Waals surface area contributed by atoms with Crippen molar-refractivity contribution < 1.29 is 13.2 Å². The van der Waals surface area contributed by atoms with E-state index in [2.05, 4.69) is 26.2 Å². The minimum absolute atomic E-state index is 0.235. The predicted octanol–water partition coefficient (Wildman–Crippen LogP) is 4.31. The van der Waals surface area contributed by atoms with Crippen molar-refractivity contribution in [3.63, 3.8) is 0 Å². The monoisotopic (exact) mass is 316 g/mol. The van der Waals surface area contributed by atoms with Gasteiger partial charge in [0.15, 0.2) is 17.5 Å². The summed E-state index contributed by atoms with van der Waals surface area (Å²) in [5.41, 5.74) is -0.153. The van der Waals surface area contributed by atoms with Crippen LogP contribution >= 0.6 is 15.9 Å². The molecule has 0 radical (unpaired) electrons. The average Bonchev–Trinajstić information content (AvgIpc) is 2.32. The van der Waals surface area contributed by atoms with Crippen LogP contribution < -0.4 is 5.32 Å². The first kappa shape index (κ1) is 12.9. The molecular weight excluding hydrogens is 309 g/mol. The van der Waals surface area contributed by atoms with E-state index < -0.39 is 23.1 Å². The zero-order valence-electron chi connectivity index (χ0n) is 9.27. The lowest BCUT2D eigenvalue weighted by Gasteiger charge is -2.10. The molecule has 0 aliphatic heterocycles. The van der Waals surface area contributed by atoms with Gasteiger partial charge in [-0.05, 0) is 40.5 Å². The summed E-state index contributed by atoms with van der Waals surface area (Å²) in [6.07, 6.45) is 1.33. The van der Waals surface area contributed by atoms with Gasteiger partial charge in [-0.1, -0.05) is 6.07 Å². The number of rotatable bonds is 2. The van der Waals surface area contributed by atoms with Crippen LogP contribution in [-0.2, 0) is 0 Å². The summed E-state index contributed by atoms with van der Waals surface area (Å²) in [4.78, 5) is 3.72. The minimum atomic E-state index is -0.804. The standard InChI is InChI=1S/C12H8BrF3N2/c1-6-2-3-8(14)11(10(6)16)18-12-9(15)4-7(13)5-17-12/h2-5H,1H3,(H,17,18). The van der Waals surface area contributed by atoms with Gasteiger partial charge in [-0.15, -0.1) is 0 Å². The van der Waals surface area contributed by atoms with E-state index in [1.165, 1.54) is 19.2 Å². The van der Waals surface area contributed by atoms with Crippen molar-refractivity contribution >= 4 is 27.4 Å². The first-order valence-corrected chi connectivity index (χ1v) is 5.81. The van der Waals surface area contributed by atoms with Crippen LogP contribution in [0.2, 0.25) is 0 Å². The van der Waals surface area contributed by atoms with Crippen molar-refractivity contribution in [3.05, 3.63) is 51.9 Å². The van der Waals surface area contributed by atoms with Crippen molar-refractivity contribution in [2.45, 2.75) is 6.92 Å². The SMILES string of the molecule is Cc1ccc(F)c(Nc2ncc(Br)cc2F)c1F. The number of aryl methyl sites for hydroxylation is 1. The molecule has 0 aliphatic carbocycles. The fourth-order valence-electron chi connectivity index (χ4n) is 1.40. The second-order valence-corrected chi connectivity index (χ2v) is 4.58. The largest absolute Gasteiger partial charge is 0.333 e. The molecule has 18 heavy (non-hydrogen) atoms. The summed E-state index contributed by atoms with van der Waals surface area (Å²) >= 11 is 3.04. The van der Waals surface area contributed by atoms with E-state index in [9.17, 15) is 13.2 Å². The highest BCUT2D eigenvalue weighted by Gasteiger charge is 2.14. The lowest BCUT2D eigenvalue weighted by atomic mass is 10.2. The van der Waals surface area contributed by atoms with Crippen LogP contribution in [0.4, 0.5) is 24.7 Å². The topological polar surface area (TPSA) is 24.9 Å². The Labute approximate surface area is 110 Å². The van der Waals surface area contributed by atoms with Gasteiger partial charge in [0.2, 0.25) is 0 Å². The third-order valence-electron chi connectivity index (χ3n) is 2.34. The Balaban J connectivity index is 2.43. The Morgan fingerprint density at radius 2 is 1.89 bits per heavy atom. The van der Waals surface area contributed by atoms with E-state index in [0.29, 0.717) is 4.47 Å². The molecule has 0 aliphatic rings. The maximum atomic E-state index is 13.7. The van der Waals surface area contributed by atoms with Crippen LogP contribution in [-0.4, -0.2) is 4.98 Å². The van der Waals surface area contributed by atoms with E-state index in [-0.39, 0.29) is 11.4 Å². The maximum Gasteiger partial charge on any atom is 0.166 e. The molecule has 1 heterocycles. The number of pyridine rings is 1. The van der Waals surface area contributed by atoms with Crippen molar-refractivity contribution in [3.8, 4) is 0 Å². The summed E-state index contributed by atoms with van der Waals surface area (Å²) in [5.74, 6) is -2.51. The van der Waals surface area contributed by atoms with Gasteiger partial charge < -0.3 is 5.32 Å². The number of anilines is 2. The van der Waals surface area contributed by atoms with Crippen molar-refractivity contribution in [2.75, 3.05) is 5.32 Å². The lowest BCUT2D eigenvalue weighted by Crippen LogP contribution is -2.02. The smallest absolute Gasteiger partial charge is 0.166 e. The fourth-order valence-corrected chi connectivity index (χ4v) is 1.70. The average molecular weight is 317 g/mol. The third kappa shape index (κ3) is 2.48. The number of hydrogen-bond donors (Lipinski definition) is 1. The molecule has 0 unspecified atom stereocenters. The Hall–Kier alpha value is -1.56. The number of benzene rings is 1. The van der Waals surface area contributed by atoms with E-state index in [4.69, 9.17) is 0 Å². The maximum absolute atomic E-state index is 13.7. The molecule has 94 valence electrons. The Morgan fingerprint density at radius 3 is 2.56 bits per heavy atom. The van der Waals surface area contributed by atoms with Crippen LogP contribution in [0.1, 0.15) is 5.56 Å². The van der Waals surface area contributed by atoms with Gasteiger partial charge in [-0.2, -0.15) is 0 Å². The molecule has 1 aromatic heterocycles. The second kappa shape index (κ2) is 4.97. The van der Waals surface area contributed by atoms with Crippen molar-refractivity contribution in [1.29, 1.82) is 0 Å². The van der Waals surface area contributed by atoms with Gasteiger partial charge >= 0.3 is 0 Å².